The summed E-state index contributed by atoms with van der Waals surface area (Å²) in [4.78, 5) is 39.2. The molecule has 1 saturated heterocycles. The van der Waals surface area contributed by atoms with E-state index in [1.54, 1.807) is 6.07 Å². The van der Waals surface area contributed by atoms with Gasteiger partial charge < -0.3 is 10.6 Å². The standard InChI is InChI=1S/C21H20ClN3O3/c1-12-9-13(2)18(16(22)10-12)23-17(26)11-25-19(27)21(24-20(25)28)8-7-14-5-3-4-6-15(14)21/h3-6,9-10H,7-8,11H2,1-2H3,(H,23,26)(H,24,28)/t21-/m1/s1. The van der Waals surface area contributed by atoms with Crippen LogP contribution in [0.15, 0.2) is 36.4 Å². The highest BCUT2D eigenvalue weighted by molar-refractivity contribution is 6.34. The van der Waals surface area contributed by atoms with E-state index < -0.39 is 17.5 Å². The van der Waals surface area contributed by atoms with Gasteiger partial charge in [-0.3, -0.25) is 14.5 Å². The molecule has 6 nitrogen and oxygen atoms in total. The molecule has 28 heavy (non-hydrogen) atoms. The maximum Gasteiger partial charge on any atom is 0.325 e. The van der Waals surface area contributed by atoms with Crippen LogP contribution in [0.2, 0.25) is 5.02 Å². The first-order valence-corrected chi connectivity index (χ1v) is 9.49. The molecular formula is C21H20ClN3O3. The van der Waals surface area contributed by atoms with Crippen LogP contribution in [-0.4, -0.2) is 29.3 Å². The summed E-state index contributed by atoms with van der Waals surface area (Å²) < 4.78 is 0. The van der Waals surface area contributed by atoms with Gasteiger partial charge in [-0.2, -0.15) is 0 Å². The van der Waals surface area contributed by atoms with Crippen LogP contribution in [-0.2, 0) is 21.5 Å². The van der Waals surface area contributed by atoms with Crippen molar-refractivity contribution >= 4 is 35.1 Å². The van der Waals surface area contributed by atoms with E-state index in [1.165, 1.54) is 0 Å². The van der Waals surface area contributed by atoms with Crippen LogP contribution in [0.5, 0.6) is 0 Å². The zero-order valence-corrected chi connectivity index (χ0v) is 16.4. The lowest BCUT2D eigenvalue weighted by Crippen LogP contribution is -2.43. The van der Waals surface area contributed by atoms with E-state index in [0.29, 0.717) is 23.6 Å². The number of halogens is 1. The zero-order valence-electron chi connectivity index (χ0n) is 15.6. The van der Waals surface area contributed by atoms with Crippen LogP contribution < -0.4 is 10.6 Å². The quantitative estimate of drug-likeness (QED) is 0.780. The van der Waals surface area contributed by atoms with Gasteiger partial charge >= 0.3 is 6.03 Å². The number of rotatable bonds is 3. The number of nitrogens with zero attached hydrogens (tertiary/aromatic N) is 1. The molecule has 1 heterocycles. The van der Waals surface area contributed by atoms with Gasteiger partial charge in [0.2, 0.25) is 5.91 Å². The average molecular weight is 398 g/mol. The molecular weight excluding hydrogens is 378 g/mol. The lowest BCUT2D eigenvalue weighted by atomic mass is 9.92. The van der Waals surface area contributed by atoms with Gasteiger partial charge in [0.15, 0.2) is 0 Å². The molecule has 1 atom stereocenters. The van der Waals surface area contributed by atoms with Gasteiger partial charge in [-0.25, -0.2) is 4.79 Å². The van der Waals surface area contributed by atoms with Gasteiger partial charge in [0.1, 0.15) is 12.1 Å². The zero-order chi connectivity index (χ0) is 20.1. The first-order valence-electron chi connectivity index (χ1n) is 9.11. The van der Waals surface area contributed by atoms with Gasteiger partial charge in [0.05, 0.1) is 10.7 Å². The van der Waals surface area contributed by atoms with Crippen molar-refractivity contribution in [1.29, 1.82) is 0 Å². The van der Waals surface area contributed by atoms with Gasteiger partial charge in [-0.15, -0.1) is 0 Å². The number of urea groups is 1. The smallest absolute Gasteiger partial charge is 0.323 e. The van der Waals surface area contributed by atoms with E-state index in [9.17, 15) is 14.4 Å². The van der Waals surface area contributed by atoms with Crippen molar-refractivity contribution in [2.24, 2.45) is 0 Å². The minimum Gasteiger partial charge on any atom is -0.323 e. The molecule has 1 fully saturated rings. The van der Waals surface area contributed by atoms with Crippen molar-refractivity contribution in [2.45, 2.75) is 32.2 Å². The third kappa shape index (κ3) is 2.85. The van der Waals surface area contributed by atoms with E-state index in [2.05, 4.69) is 10.6 Å². The maximum atomic E-state index is 13.1. The molecule has 4 amide bonds. The van der Waals surface area contributed by atoms with Gasteiger partial charge in [-0.1, -0.05) is 41.9 Å². The Kier molecular flexibility index (Phi) is 4.38. The summed E-state index contributed by atoms with van der Waals surface area (Å²) in [6.45, 7) is 3.39. The van der Waals surface area contributed by atoms with Crippen LogP contribution in [0.4, 0.5) is 10.5 Å². The van der Waals surface area contributed by atoms with Gasteiger partial charge in [0.25, 0.3) is 5.91 Å². The second-order valence-corrected chi connectivity index (χ2v) is 7.78. The Balaban J connectivity index is 1.54. The van der Waals surface area contributed by atoms with Crippen molar-refractivity contribution < 1.29 is 14.4 Å². The fourth-order valence-electron chi connectivity index (χ4n) is 4.13. The molecule has 4 rings (SSSR count). The van der Waals surface area contributed by atoms with E-state index in [0.717, 1.165) is 27.2 Å². The highest BCUT2D eigenvalue weighted by Gasteiger charge is 2.55. The minimum atomic E-state index is -1.06. The number of amides is 4. The topological polar surface area (TPSA) is 78.5 Å². The van der Waals surface area contributed by atoms with E-state index >= 15 is 0 Å². The number of hydrogen-bond acceptors (Lipinski definition) is 3. The third-order valence-electron chi connectivity index (χ3n) is 5.42. The summed E-state index contributed by atoms with van der Waals surface area (Å²) in [5.41, 5.74) is 3.09. The number of carbonyl (C=O) groups excluding carboxylic acids is 3. The summed E-state index contributed by atoms with van der Waals surface area (Å²) >= 11 is 6.23. The lowest BCUT2D eigenvalue weighted by Gasteiger charge is -2.22. The summed E-state index contributed by atoms with van der Waals surface area (Å²) in [5.74, 6) is -0.856. The van der Waals surface area contributed by atoms with Gasteiger partial charge in [-0.05, 0) is 55.0 Å². The first kappa shape index (κ1) is 18.5. The molecule has 0 bridgehead atoms. The second kappa shape index (κ2) is 6.63. The van der Waals surface area contributed by atoms with E-state index in [4.69, 9.17) is 11.6 Å². The number of anilines is 1. The first-order chi connectivity index (χ1) is 13.3. The summed E-state index contributed by atoms with van der Waals surface area (Å²) in [6.07, 6.45) is 1.21. The number of fused-ring (bicyclic) bond motifs is 2. The molecule has 0 saturated carbocycles. The number of aryl methyl sites for hydroxylation is 3. The van der Waals surface area contributed by atoms with Crippen molar-refractivity contribution in [3.05, 3.63) is 63.7 Å². The molecule has 7 heteroatoms. The summed E-state index contributed by atoms with van der Waals surface area (Å²) in [5, 5.41) is 5.96. The third-order valence-corrected chi connectivity index (χ3v) is 5.72. The molecule has 1 spiro atoms. The van der Waals surface area contributed by atoms with Crippen LogP contribution in [0, 0.1) is 13.8 Å². The second-order valence-electron chi connectivity index (χ2n) is 7.37. The van der Waals surface area contributed by atoms with E-state index in [1.807, 2.05) is 44.2 Å². The molecule has 2 aromatic carbocycles. The number of imide groups is 1. The van der Waals surface area contributed by atoms with Gasteiger partial charge in [0, 0.05) is 0 Å². The predicted octanol–water partition coefficient (Wildman–Crippen LogP) is 3.29. The van der Waals surface area contributed by atoms with Crippen molar-refractivity contribution in [2.75, 3.05) is 11.9 Å². The SMILES string of the molecule is Cc1cc(C)c(NC(=O)CN2C(=O)N[C@@]3(CCc4ccccc43)C2=O)c(Cl)c1. The van der Waals surface area contributed by atoms with Crippen molar-refractivity contribution in [3.8, 4) is 0 Å². The Morgan fingerprint density at radius 3 is 2.75 bits per heavy atom. The normalized spacial score (nSPS) is 20.5. The van der Waals surface area contributed by atoms with E-state index in [-0.39, 0.29) is 12.5 Å². The van der Waals surface area contributed by atoms with Crippen LogP contribution in [0.3, 0.4) is 0 Å². The average Bonchev–Trinajstić information content (AvgIpc) is 3.12. The molecule has 144 valence electrons. The Morgan fingerprint density at radius 1 is 1.25 bits per heavy atom. The number of benzene rings is 2. The molecule has 0 unspecified atom stereocenters. The number of nitrogens with one attached hydrogen (secondary N) is 2. The van der Waals surface area contributed by atoms with Crippen molar-refractivity contribution in [1.82, 2.24) is 10.2 Å². The lowest BCUT2D eigenvalue weighted by molar-refractivity contribution is -0.134. The fraction of sp³-hybridized carbons (Fsp3) is 0.286. The molecule has 0 radical (unpaired) electrons. The monoisotopic (exact) mass is 397 g/mol. The summed E-state index contributed by atoms with van der Waals surface area (Å²) in [6, 6.07) is 10.7. The largest absolute Gasteiger partial charge is 0.325 e. The minimum absolute atomic E-state index is 0.363. The summed E-state index contributed by atoms with van der Waals surface area (Å²) in [7, 11) is 0. The predicted molar refractivity (Wildman–Crippen MR) is 106 cm³/mol. The van der Waals surface area contributed by atoms with Crippen molar-refractivity contribution in [3.63, 3.8) is 0 Å². The number of carbonyl (C=O) groups is 3. The Bertz CT molecular complexity index is 997. The molecule has 1 aliphatic heterocycles. The van der Waals surface area contributed by atoms with Crippen LogP contribution in [0.25, 0.3) is 0 Å². The molecule has 1 aliphatic carbocycles. The molecule has 2 aromatic rings. The maximum absolute atomic E-state index is 13.1. The molecule has 2 aliphatic rings. The highest BCUT2D eigenvalue weighted by atomic mass is 35.5. The van der Waals surface area contributed by atoms with Crippen LogP contribution >= 0.6 is 11.6 Å². The molecule has 2 N–H and O–H groups in total. The molecule has 0 aromatic heterocycles. The Labute approximate surface area is 167 Å². The Hall–Kier alpha value is -2.86. The fourth-order valence-corrected chi connectivity index (χ4v) is 4.50. The number of hydrogen-bond donors (Lipinski definition) is 2. The van der Waals surface area contributed by atoms with Crippen LogP contribution in [0.1, 0.15) is 28.7 Å². The Morgan fingerprint density at radius 2 is 2.00 bits per heavy atom. The highest BCUT2D eigenvalue weighted by Crippen LogP contribution is 2.41.